The lowest BCUT2D eigenvalue weighted by Crippen LogP contribution is -1.98. The van der Waals surface area contributed by atoms with E-state index in [1.807, 2.05) is 31.2 Å². The highest BCUT2D eigenvalue weighted by Gasteiger charge is 2.22. The number of carbonyl (C=O) groups is 2. The lowest BCUT2D eigenvalue weighted by Gasteiger charge is -2.00. The van der Waals surface area contributed by atoms with Crippen molar-refractivity contribution < 1.29 is 14.3 Å². The molecule has 0 unspecified atom stereocenters. The Kier molecular flexibility index (Phi) is 4.16. The van der Waals surface area contributed by atoms with Gasteiger partial charge < -0.3 is 4.74 Å². The van der Waals surface area contributed by atoms with Crippen molar-refractivity contribution in [2.24, 2.45) is 4.99 Å². The molecule has 0 fully saturated rings. The zero-order chi connectivity index (χ0) is 13.8. The summed E-state index contributed by atoms with van der Waals surface area (Å²) in [7, 11) is 1.28. The van der Waals surface area contributed by atoms with Crippen LogP contribution in [0.2, 0.25) is 0 Å². The van der Waals surface area contributed by atoms with E-state index in [1.54, 1.807) is 0 Å². The first-order valence-electron chi connectivity index (χ1n) is 5.73. The maximum absolute atomic E-state index is 11.6. The van der Waals surface area contributed by atoms with E-state index >= 15 is 0 Å². The zero-order valence-corrected chi connectivity index (χ0v) is 11.5. The van der Waals surface area contributed by atoms with Gasteiger partial charge in [0.25, 0.3) is 5.91 Å². The smallest absolute Gasteiger partial charge is 0.331 e. The van der Waals surface area contributed by atoms with Crippen molar-refractivity contribution >= 4 is 28.7 Å². The lowest BCUT2D eigenvalue weighted by molar-refractivity contribution is -0.135. The van der Waals surface area contributed by atoms with Gasteiger partial charge in [-0.3, -0.25) is 4.79 Å². The number of aryl methyl sites for hydroxylation is 1. The molecule has 0 spiro atoms. The summed E-state index contributed by atoms with van der Waals surface area (Å²) >= 11 is 1.22. The third-order valence-corrected chi connectivity index (χ3v) is 3.57. The van der Waals surface area contributed by atoms with Gasteiger partial charge in [-0.2, -0.15) is 0 Å². The van der Waals surface area contributed by atoms with Crippen LogP contribution in [0.5, 0.6) is 0 Å². The number of rotatable bonds is 3. The van der Waals surface area contributed by atoms with Crippen LogP contribution >= 0.6 is 11.8 Å². The number of thioether (sulfide) groups is 1. The molecule has 0 saturated carbocycles. The largest absolute Gasteiger partial charge is 0.466 e. The van der Waals surface area contributed by atoms with Crippen LogP contribution in [0.3, 0.4) is 0 Å². The van der Waals surface area contributed by atoms with Gasteiger partial charge in [0.05, 0.1) is 17.1 Å². The minimum absolute atomic E-state index is 0.314. The average Bonchev–Trinajstić information content (AvgIpc) is 2.72. The standard InChI is InChI=1S/C14H13NO3S/c1-9-3-5-10(6-4-9)7-12-15-14(17)11(19-12)8-13(16)18-2/h3-6,8H,7H2,1-2H3/b11-8+. The minimum Gasteiger partial charge on any atom is -0.466 e. The van der Waals surface area contributed by atoms with Crippen LogP contribution in [0.15, 0.2) is 40.2 Å². The van der Waals surface area contributed by atoms with Crippen molar-refractivity contribution in [2.75, 3.05) is 7.11 Å². The quantitative estimate of drug-likeness (QED) is 0.627. The summed E-state index contributed by atoms with van der Waals surface area (Å²) in [5.41, 5.74) is 2.27. The normalized spacial score (nSPS) is 16.6. The number of benzene rings is 1. The highest BCUT2D eigenvalue weighted by Crippen LogP contribution is 2.28. The van der Waals surface area contributed by atoms with Crippen LogP contribution in [0.1, 0.15) is 11.1 Å². The SMILES string of the molecule is COC(=O)/C=C1/SC(Cc2ccc(C)cc2)=NC1=O. The third-order valence-electron chi connectivity index (χ3n) is 2.59. The Morgan fingerprint density at radius 1 is 1.37 bits per heavy atom. The number of methoxy groups -OCH3 is 1. The summed E-state index contributed by atoms with van der Waals surface area (Å²) in [6.45, 7) is 2.02. The highest BCUT2D eigenvalue weighted by atomic mass is 32.2. The molecule has 1 heterocycles. The molecule has 98 valence electrons. The van der Waals surface area contributed by atoms with Gasteiger partial charge in [0, 0.05) is 12.5 Å². The van der Waals surface area contributed by atoms with E-state index in [2.05, 4.69) is 9.73 Å². The number of esters is 1. The molecule has 2 rings (SSSR count). The van der Waals surface area contributed by atoms with Crippen molar-refractivity contribution in [1.82, 2.24) is 0 Å². The molecule has 1 amide bonds. The molecule has 1 aliphatic heterocycles. The van der Waals surface area contributed by atoms with Crippen LogP contribution in [0, 0.1) is 6.92 Å². The Balaban J connectivity index is 2.06. The first-order valence-corrected chi connectivity index (χ1v) is 6.55. The zero-order valence-electron chi connectivity index (χ0n) is 10.7. The van der Waals surface area contributed by atoms with E-state index in [1.165, 1.54) is 30.5 Å². The van der Waals surface area contributed by atoms with E-state index < -0.39 is 5.97 Å². The van der Waals surface area contributed by atoms with Crippen LogP contribution in [-0.4, -0.2) is 24.0 Å². The summed E-state index contributed by atoms with van der Waals surface area (Å²) in [4.78, 5) is 27.0. The second-order valence-corrected chi connectivity index (χ2v) is 5.22. The molecule has 19 heavy (non-hydrogen) atoms. The molecule has 0 atom stereocenters. The van der Waals surface area contributed by atoms with Crippen molar-refractivity contribution in [3.05, 3.63) is 46.4 Å². The fraction of sp³-hybridized carbons (Fsp3) is 0.214. The van der Waals surface area contributed by atoms with E-state index in [4.69, 9.17) is 0 Å². The first-order chi connectivity index (χ1) is 9.08. The Labute approximate surface area is 115 Å². The predicted molar refractivity (Wildman–Crippen MR) is 75.0 cm³/mol. The molecular weight excluding hydrogens is 262 g/mol. The fourth-order valence-electron chi connectivity index (χ4n) is 1.58. The van der Waals surface area contributed by atoms with Crippen LogP contribution < -0.4 is 0 Å². The van der Waals surface area contributed by atoms with Gasteiger partial charge in [-0.25, -0.2) is 9.79 Å². The summed E-state index contributed by atoms with van der Waals surface area (Å²) in [5.74, 6) is -0.917. The number of hydrogen-bond acceptors (Lipinski definition) is 4. The monoisotopic (exact) mass is 275 g/mol. The average molecular weight is 275 g/mol. The third kappa shape index (κ3) is 3.54. The molecule has 1 aromatic rings. The molecule has 1 aromatic carbocycles. The number of hydrogen-bond donors (Lipinski definition) is 0. The van der Waals surface area contributed by atoms with Gasteiger partial charge in [-0.05, 0) is 12.5 Å². The number of aliphatic imine (C=N–C) groups is 1. The van der Waals surface area contributed by atoms with Gasteiger partial charge in [-0.1, -0.05) is 41.6 Å². The molecule has 4 nitrogen and oxygen atoms in total. The fourth-order valence-corrected chi connectivity index (χ4v) is 2.48. The molecule has 0 aromatic heterocycles. The van der Waals surface area contributed by atoms with Crippen LogP contribution in [-0.2, 0) is 20.7 Å². The van der Waals surface area contributed by atoms with Gasteiger partial charge in [-0.15, -0.1) is 0 Å². The van der Waals surface area contributed by atoms with Crippen molar-refractivity contribution in [2.45, 2.75) is 13.3 Å². The Hall–Kier alpha value is -1.88. The summed E-state index contributed by atoms with van der Waals surface area (Å²) in [6.07, 6.45) is 1.77. The Morgan fingerprint density at radius 2 is 2.05 bits per heavy atom. The summed E-state index contributed by atoms with van der Waals surface area (Å²) < 4.78 is 4.50. The molecule has 0 N–H and O–H groups in total. The molecule has 0 bridgehead atoms. The van der Waals surface area contributed by atoms with E-state index in [0.29, 0.717) is 16.4 Å². The van der Waals surface area contributed by atoms with E-state index in [-0.39, 0.29) is 5.91 Å². The lowest BCUT2D eigenvalue weighted by atomic mass is 10.1. The first kappa shape index (κ1) is 13.5. The molecule has 0 aliphatic carbocycles. The minimum atomic E-state index is -0.539. The molecule has 5 heteroatoms. The molecule has 0 radical (unpaired) electrons. The summed E-state index contributed by atoms with van der Waals surface area (Å²) in [5, 5.41) is 0.698. The molecule has 0 saturated heterocycles. The molecule has 1 aliphatic rings. The number of ether oxygens (including phenoxy) is 1. The van der Waals surface area contributed by atoms with Gasteiger partial charge in [0.15, 0.2) is 0 Å². The van der Waals surface area contributed by atoms with Gasteiger partial charge in [0.2, 0.25) is 0 Å². The topological polar surface area (TPSA) is 55.7 Å². The number of carbonyl (C=O) groups excluding carboxylic acids is 2. The van der Waals surface area contributed by atoms with Crippen LogP contribution in [0.25, 0.3) is 0 Å². The van der Waals surface area contributed by atoms with Gasteiger partial charge in [0.1, 0.15) is 0 Å². The highest BCUT2D eigenvalue weighted by molar-refractivity contribution is 8.18. The maximum Gasteiger partial charge on any atom is 0.331 e. The van der Waals surface area contributed by atoms with E-state index in [9.17, 15) is 9.59 Å². The van der Waals surface area contributed by atoms with Gasteiger partial charge >= 0.3 is 5.97 Å². The maximum atomic E-state index is 11.6. The number of amides is 1. The molecular formula is C14H13NO3S. The van der Waals surface area contributed by atoms with Crippen molar-refractivity contribution in [3.63, 3.8) is 0 Å². The second kappa shape index (κ2) is 5.84. The summed E-state index contributed by atoms with van der Waals surface area (Å²) in [6, 6.07) is 8.04. The van der Waals surface area contributed by atoms with Crippen LogP contribution in [0.4, 0.5) is 0 Å². The second-order valence-electron chi connectivity index (χ2n) is 4.11. The van der Waals surface area contributed by atoms with Crippen molar-refractivity contribution in [1.29, 1.82) is 0 Å². The number of nitrogens with zero attached hydrogens (tertiary/aromatic N) is 1. The van der Waals surface area contributed by atoms with Crippen molar-refractivity contribution in [3.8, 4) is 0 Å². The Bertz CT molecular complexity index is 573. The van der Waals surface area contributed by atoms with E-state index in [0.717, 1.165) is 5.56 Å². The predicted octanol–water partition coefficient (Wildman–Crippen LogP) is 2.27. The Morgan fingerprint density at radius 3 is 2.68 bits per heavy atom.